The molecule has 0 aliphatic carbocycles. The standard InChI is InChI=1S/C10H10N4O4/c1-14-3-6(8(13-14)10(16)17-2)12-9(15)7-4-18-5-11-7/h3-5H,1-2H3,(H,12,15). The molecule has 18 heavy (non-hydrogen) atoms. The SMILES string of the molecule is COC(=O)c1nn(C)cc1NC(=O)c1cocn1. The Morgan fingerprint density at radius 1 is 1.50 bits per heavy atom. The lowest BCUT2D eigenvalue weighted by molar-refractivity contribution is 0.0594. The van der Waals surface area contributed by atoms with Gasteiger partial charge in [-0.25, -0.2) is 9.78 Å². The van der Waals surface area contributed by atoms with Gasteiger partial charge in [-0.2, -0.15) is 5.10 Å². The number of amides is 1. The molecule has 0 unspecified atom stereocenters. The van der Waals surface area contributed by atoms with E-state index < -0.39 is 11.9 Å². The van der Waals surface area contributed by atoms with Gasteiger partial charge in [0, 0.05) is 13.2 Å². The van der Waals surface area contributed by atoms with Gasteiger partial charge in [-0.3, -0.25) is 9.48 Å². The molecule has 8 heteroatoms. The van der Waals surface area contributed by atoms with E-state index in [2.05, 4.69) is 20.1 Å². The van der Waals surface area contributed by atoms with Crippen LogP contribution in [0.15, 0.2) is 23.3 Å². The van der Waals surface area contributed by atoms with Gasteiger partial charge in [0.2, 0.25) is 0 Å². The van der Waals surface area contributed by atoms with Crippen LogP contribution in [0.5, 0.6) is 0 Å². The van der Waals surface area contributed by atoms with Gasteiger partial charge >= 0.3 is 5.97 Å². The van der Waals surface area contributed by atoms with Crippen LogP contribution in [0.1, 0.15) is 21.0 Å². The number of aryl methyl sites for hydroxylation is 1. The van der Waals surface area contributed by atoms with Crippen LogP contribution in [0.4, 0.5) is 5.69 Å². The Labute approximate surface area is 102 Å². The molecule has 2 aromatic heterocycles. The van der Waals surface area contributed by atoms with E-state index in [1.54, 1.807) is 7.05 Å². The van der Waals surface area contributed by atoms with Gasteiger partial charge in [0.15, 0.2) is 17.8 Å². The van der Waals surface area contributed by atoms with Crippen molar-refractivity contribution in [2.75, 3.05) is 12.4 Å². The van der Waals surface area contributed by atoms with E-state index in [1.165, 1.54) is 24.3 Å². The van der Waals surface area contributed by atoms with Crippen LogP contribution in [0.2, 0.25) is 0 Å². The van der Waals surface area contributed by atoms with Gasteiger partial charge in [0.25, 0.3) is 5.91 Å². The third-order valence-electron chi connectivity index (χ3n) is 2.12. The summed E-state index contributed by atoms with van der Waals surface area (Å²) >= 11 is 0. The van der Waals surface area contributed by atoms with Crippen molar-refractivity contribution in [2.45, 2.75) is 0 Å². The zero-order chi connectivity index (χ0) is 13.1. The number of oxazole rings is 1. The molecule has 1 amide bonds. The minimum atomic E-state index is -0.633. The zero-order valence-electron chi connectivity index (χ0n) is 9.71. The van der Waals surface area contributed by atoms with Crippen molar-refractivity contribution in [2.24, 2.45) is 7.05 Å². The van der Waals surface area contributed by atoms with Crippen LogP contribution in [-0.2, 0) is 11.8 Å². The maximum absolute atomic E-state index is 11.7. The number of rotatable bonds is 3. The van der Waals surface area contributed by atoms with Gasteiger partial charge in [0.05, 0.1) is 12.8 Å². The van der Waals surface area contributed by atoms with Crippen molar-refractivity contribution in [3.63, 3.8) is 0 Å². The highest BCUT2D eigenvalue weighted by molar-refractivity contribution is 6.06. The molecule has 8 nitrogen and oxygen atoms in total. The van der Waals surface area contributed by atoms with Crippen LogP contribution < -0.4 is 5.32 Å². The first-order valence-corrected chi connectivity index (χ1v) is 4.93. The summed E-state index contributed by atoms with van der Waals surface area (Å²) in [5.41, 5.74) is 0.379. The van der Waals surface area contributed by atoms with Crippen LogP contribution in [-0.4, -0.2) is 33.8 Å². The first-order chi connectivity index (χ1) is 8.61. The van der Waals surface area contributed by atoms with Crippen molar-refractivity contribution >= 4 is 17.6 Å². The van der Waals surface area contributed by atoms with Crippen molar-refractivity contribution in [1.82, 2.24) is 14.8 Å². The van der Waals surface area contributed by atoms with Gasteiger partial charge in [-0.15, -0.1) is 0 Å². The lowest BCUT2D eigenvalue weighted by Crippen LogP contribution is -2.14. The third kappa shape index (κ3) is 2.21. The number of hydrogen-bond donors (Lipinski definition) is 1. The van der Waals surface area contributed by atoms with E-state index in [4.69, 9.17) is 4.42 Å². The van der Waals surface area contributed by atoms with E-state index >= 15 is 0 Å². The lowest BCUT2D eigenvalue weighted by atomic mass is 10.3. The van der Waals surface area contributed by atoms with Crippen LogP contribution in [0.25, 0.3) is 0 Å². The smallest absolute Gasteiger partial charge is 0.360 e. The molecule has 2 rings (SSSR count). The summed E-state index contributed by atoms with van der Waals surface area (Å²) in [6.45, 7) is 0. The second-order valence-electron chi connectivity index (χ2n) is 3.38. The number of nitrogens with zero attached hydrogens (tertiary/aromatic N) is 3. The van der Waals surface area contributed by atoms with Crippen molar-refractivity contribution in [1.29, 1.82) is 0 Å². The first kappa shape index (κ1) is 11.8. The molecular formula is C10H10N4O4. The van der Waals surface area contributed by atoms with Crippen molar-refractivity contribution in [3.05, 3.63) is 30.2 Å². The third-order valence-corrected chi connectivity index (χ3v) is 2.12. The largest absolute Gasteiger partial charge is 0.464 e. The lowest BCUT2D eigenvalue weighted by Gasteiger charge is -2.01. The molecule has 0 saturated carbocycles. The summed E-state index contributed by atoms with van der Waals surface area (Å²) in [7, 11) is 2.86. The molecule has 0 saturated heterocycles. The van der Waals surface area contributed by atoms with E-state index in [0.29, 0.717) is 0 Å². The average molecular weight is 250 g/mol. The Hall–Kier alpha value is -2.64. The monoisotopic (exact) mass is 250 g/mol. The minimum Gasteiger partial charge on any atom is -0.464 e. The van der Waals surface area contributed by atoms with Gasteiger partial charge in [0.1, 0.15) is 6.26 Å². The molecule has 0 spiro atoms. The molecule has 0 bridgehead atoms. The van der Waals surface area contributed by atoms with Gasteiger partial charge < -0.3 is 14.5 Å². The molecule has 0 aliphatic heterocycles. The quantitative estimate of drug-likeness (QED) is 0.794. The number of esters is 1. The number of nitrogens with one attached hydrogen (secondary N) is 1. The number of ether oxygens (including phenoxy) is 1. The number of methoxy groups -OCH3 is 1. The normalized spacial score (nSPS) is 10.1. The van der Waals surface area contributed by atoms with Crippen LogP contribution >= 0.6 is 0 Å². The number of carbonyl (C=O) groups is 2. The Bertz CT molecular complexity index is 573. The number of aromatic nitrogens is 3. The molecular weight excluding hydrogens is 240 g/mol. The topological polar surface area (TPSA) is 99.2 Å². The van der Waals surface area contributed by atoms with Crippen molar-refractivity contribution < 1.29 is 18.7 Å². The second-order valence-corrected chi connectivity index (χ2v) is 3.38. The highest BCUT2D eigenvalue weighted by Gasteiger charge is 2.19. The molecule has 0 aliphatic rings. The van der Waals surface area contributed by atoms with E-state index in [1.807, 2.05) is 0 Å². The van der Waals surface area contributed by atoms with Gasteiger partial charge in [-0.1, -0.05) is 0 Å². The molecule has 2 heterocycles. The molecule has 0 atom stereocenters. The number of hydrogen-bond acceptors (Lipinski definition) is 6. The molecule has 0 fully saturated rings. The maximum Gasteiger partial charge on any atom is 0.360 e. The maximum atomic E-state index is 11.7. The number of anilines is 1. The average Bonchev–Trinajstić information content (AvgIpc) is 2.97. The Morgan fingerprint density at radius 2 is 2.28 bits per heavy atom. The molecule has 0 aromatic carbocycles. The number of carbonyl (C=O) groups excluding carboxylic acids is 2. The summed E-state index contributed by atoms with van der Waals surface area (Å²) in [5.74, 6) is -1.13. The molecule has 0 radical (unpaired) electrons. The fraction of sp³-hybridized carbons (Fsp3) is 0.200. The Kier molecular flexibility index (Phi) is 3.09. The summed E-state index contributed by atoms with van der Waals surface area (Å²) in [6, 6.07) is 0. The van der Waals surface area contributed by atoms with Crippen LogP contribution in [0, 0.1) is 0 Å². The first-order valence-electron chi connectivity index (χ1n) is 4.93. The molecule has 2 aromatic rings. The van der Waals surface area contributed by atoms with E-state index in [9.17, 15) is 9.59 Å². The summed E-state index contributed by atoms with van der Waals surface area (Å²) in [5, 5.41) is 6.40. The summed E-state index contributed by atoms with van der Waals surface area (Å²) in [6.07, 6.45) is 3.83. The summed E-state index contributed by atoms with van der Waals surface area (Å²) < 4.78 is 10.6. The minimum absolute atomic E-state index is 0.0249. The van der Waals surface area contributed by atoms with Crippen LogP contribution in [0.3, 0.4) is 0 Å². The Morgan fingerprint density at radius 3 is 2.89 bits per heavy atom. The van der Waals surface area contributed by atoms with E-state index in [0.717, 1.165) is 6.39 Å². The van der Waals surface area contributed by atoms with Crippen molar-refractivity contribution in [3.8, 4) is 0 Å². The molecule has 94 valence electrons. The molecule has 1 N–H and O–H groups in total. The Balaban J connectivity index is 2.24. The second kappa shape index (κ2) is 4.70. The summed E-state index contributed by atoms with van der Waals surface area (Å²) in [4.78, 5) is 26.8. The zero-order valence-corrected chi connectivity index (χ0v) is 9.71. The fourth-order valence-corrected chi connectivity index (χ4v) is 1.34. The predicted octanol–water partition coefficient (Wildman–Crippen LogP) is 0.447. The fourth-order valence-electron chi connectivity index (χ4n) is 1.34. The van der Waals surface area contributed by atoms with Gasteiger partial charge in [-0.05, 0) is 0 Å². The highest BCUT2D eigenvalue weighted by atomic mass is 16.5. The van der Waals surface area contributed by atoms with E-state index in [-0.39, 0.29) is 17.1 Å². The predicted molar refractivity (Wildman–Crippen MR) is 59.0 cm³/mol. The highest BCUT2D eigenvalue weighted by Crippen LogP contribution is 2.15.